The lowest BCUT2D eigenvalue weighted by molar-refractivity contribution is -0.142. The molecule has 1 aromatic heterocycles. The first kappa shape index (κ1) is 11.7. The van der Waals surface area contributed by atoms with Gasteiger partial charge in [-0.1, -0.05) is 0 Å². The number of nitrogens with zero attached hydrogens (tertiary/aromatic N) is 1. The monoisotopic (exact) mass is 208 g/mol. The Labute approximate surface area is 89.7 Å². The number of ether oxygens (including phenoxy) is 1. The quantitative estimate of drug-likeness (QED) is 0.726. The number of aromatic nitrogens is 1. The van der Waals surface area contributed by atoms with Gasteiger partial charge in [-0.3, -0.25) is 9.78 Å². The van der Waals surface area contributed by atoms with Gasteiger partial charge in [-0.15, -0.1) is 0 Å². The first-order chi connectivity index (χ1) is 7.24. The molecule has 0 bridgehead atoms. The normalized spacial score (nSPS) is 12.1. The van der Waals surface area contributed by atoms with Gasteiger partial charge >= 0.3 is 5.97 Å². The van der Waals surface area contributed by atoms with Crippen LogP contribution in [0.25, 0.3) is 0 Å². The lowest BCUT2D eigenvalue weighted by Crippen LogP contribution is -2.36. The Morgan fingerprint density at radius 1 is 1.53 bits per heavy atom. The Morgan fingerprint density at radius 3 is 2.80 bits per heavy atom. The maximum absolute atomic E-state index is 11.1. The zero-order chi connectivity index (χ0) is 11.1. The van der Waals surface area contributed by atoms with E-state index in [2.05, 4.69) is 15.0 Å². The predicted octanol–water partition coefficient (Wildman–Crippen LogP) is 0.775. The average molecular weight is 208 g/mol. The zero-order valence-electron chi connectivity index (χ0n) is 9.06. The van der Waals surface area contributed by atoms with E-state index in [1.165, 1.54) is 12.7 Å². The fourth-order valence-electron chi connectivity index (χ4n) is 1.24. The van der Waals surface area contributed by atoms with E-state index in [0.717, 1.165) is 13.0 Å². The molecule has 0 amide bonds. The largest absolute Gasteiger partial charge is 0.468 e. The van der Waals surface area contributed by atoms with Crippen LogP contribution in [0.2, 0.25) is 0 Å². The Bertz CT molecular complexity index is 301. The van der Waals surface area contributed by atoms with Gasteiger partial charge < -0.3 is 10.1 Å². The van der Waals surface area contributed by atoms with E-state index >= 15 is 0 Å². The number of esters is 1. The average Bonchev–Trinajstić information content (AvgIpc) is 2.29. The fraction of sp³-hybridized carbons (Fsp3) is 0.455. The fourth-order valence-corrected chi connectivity index (χ4v) is 1.24. The molecule has 4 nitrogen and oxygen atoms in total. The molecule has 0 aliphatic rings. The van der Waals surface area contributed by atoms with Gasteiger partial charge in [0.05, 0.1) is 7.11 Å². The number of pyridine rings is 1. The molecule has 0 aliphatic carbocycles. The van der Waals surface area contributed by atoms with E-state index in [1.54, 1.807) is 19.3 Å². The molecule has 0 aliphatic heterocycles. The Balaban J connectivity index is 2.25. The third-order valence-electron chi connectivity index (χ3n) is 2.17. The van der Waals surface area contributed by atoms with Crippen LogP contribution in [0.4, 0.5) is 0 Å². The lowest BCUT2D eigenvalue weighted by Gasteiger charge is -2.10. The second-order valence-corrected chi connectivity index (χ2v) is 3.30. The summed E-state index contributed by atoms with van der Waals surface area (Å²) in [5, 5.41) is 3.09. The van der Waals surface area contributed by atoms with Crippen LogP contribution in [0.3, 0.4) is 0 Å². The van der Waals surface area contributed by atoms with Crippen molar-refractivity contribution < 1.29 is 9.53 Å². The van der Waals surface area contributed by atoms with Crippen LogP contribution >= 0.6 is 0 Å². The molecule has 1 N–H and O–H groups in total. The second kappa shape index (κ2) is 6.14. The third kappa shape index (κ3) is 4.08. The highest BCUT2D eigenvalue weighted by molar-refractivity contribution is 5.75. The summed E-state index contributed by atoms with van der Waals surface area (Å²) in [5.41, 5.74) is 1.20. The molecule has 0 aromatic carbocycles. The van der Waals surface area contributed by atoms with Gasteiger partial charge in [0.25, 0.3) is 0 Å². The second-order valence-electron chi connectivity index (χ2n) is 3.30. The highest BCUT2D eigenvalue weighted by atomic mass is 16.5. The van der Waals surface area contributed by atoms with Crippen LogP contribution in [0.15, 0.2) is 24.5 Å². The molecule has 0 radical (unpaired) electrons. The molecule has 0 fully saturated rings. The molecule has 1 rings (SSSR count). The van der Waals surface area contributed by atoms with Crippen molar-refractivity contribution in [3.63, 3.8) is 0 Å². The van der Waals surface area contributed by atoms with Gasteiger partial charge in [-0.2, -0.15) is 0 Å². The maximum atomic E-state index is 11.1. The molecule has 0 saturated heterocycles. The highest BCUT2D eigenvalue weighted by Gasteiger charge is 2.10. The van der Waals surface area contributed by atoms with Crippen molar-refractivity contribution >= 4 is 5.97 Å². The molecule has 1 atom stereocenters. The smallest absolute Gasteiger partial charge is 0.322 e. The van der Waals surface area contributed by atoms with Crippen LogP contribution in [0.1, 0.15) is 12.5 Å². The van der Waals surface area contributed by atoms with E-state index in [4.69, 9.17) is 0 Å². The number of rotatable bonds is 5. The summed E-state index contributed by atoms with van der Waals surface area (Å²) in [5.74, 6) is -0.232. The van der Waals surface area contributed by atoms with E-state index < -0.39 is 0 Å². The molecule has 0 spiro atoms. The molecule has 82 valence electrons. The van der Waals surface area contributed by atoms with Crippen molar-refractivity contribution in [3.8, 4) is 0 Å². The van der Waals surface area contributed by atoms with Crippen LogP contribution < -0.4 is 5.32 Å². The van der Waals surface area contributed by atoms with Crippen LogP contribution in [0.5, 0.6) is 0 Å². The minimum Gasteiger partial charge on any atom is -0.468 e. The SMILES string of the molecule is COC(=O)C(C)NCCc1ccncc1. The van der Waals surface area contributed by atoms with Crippen molar-refractivity contribution in [2.75, 3.05) is 13.7 Å². The summed E-state index contributed by atoms with van der Waals surface area (Å²) < 4.78 is 4.60. The standard InChI is InChI=1S/C11H16N2O2/c1-9(11(14)15-2)13-8-5-10-3-6-12-7-4-10/h3-4,6-7,9,13H,5,8H2,1-2H3. The van der Waals surface area contributed by atoms with E-state index in [1.807, 2.05) is 12.1 Å². The number of hydrogen-bond donors (Lipinski definition) is 1. The van der Waals surface area contributed by atoms with E-state index in [9.17, 15) is 4.79 Å². The molecule has 1 aromatic rings. The van der Waals surface area contributed by atoms with E-state index in [0.29, 0.717) is 0 Å². The molecular weight excluding hydrogens is 192 g/mol. The van der Waals surface area contributed by atoms with Gasteiger partial charge in [0.2, 0.25) is 0 Å². The molecule has 15 heavy (non-hydrogen) atoms. The van der Waals surface area contributed by atoms with E-state index in [-0.39, 0.29) is 12.0 Å². The maximum Gasteiger partial charge on any atom is 0.322 e. The van der Waals surface area contributed by atoms with Gasteiger partial charge in [-0.05, 0) is 37.6 Å². The van der Waals surface area contributed by atoms with Crippen molar-refractivity contribution in [1.29, 1.82) is 0 Å². The summed E-state index contributed by atoms with van der Waals surface area (Å²) in [6.45, 7) is 2.54. The minimum absolute atomic E-state index is 0.232. The summed E-state index contributed by atoms with van der Waals surface area (Å²) in [6.07, 6.45) is 4.40. The van der Waals surface area contributed by atoms with Gasteiger partial charge in [0.15, 0.2) is 0 Å². The van der Waals surface area contributed by atoms with Gasteiger partial charge in [0.1, 0.15) is 6.04 Å². The predicted molar refractivity (Wildman–Crippen MR) is 57.4 cm³/mol. The Morgan fingerprint density at radius 2 is 2.20 bits per heavy atom. The van der Waals surface area contributed by atoms with Crippen LogP contribution in [0, 0.1) is 0 Å². The van der Waals surface area contributed by atoms with Crippen molar-refractivity contribution in [3.05, 3.63) is 30.1 Å². The zero-order valence-corrected chi connectivity index (χ0v) is 9.06. The van der Waals surface area contributed by atoms with Crippen LogP contribution in [-0.2, 0) is 16.0 Å². The Kier molecular flexibility index (Phi) is 4.77. The van der Waals surface area contributed by atoms with Crippen molar-refractivity contribution in [2.45, 2.75) is 19.4 Å². The Hall–Kier alpha value is -1.42. The van der Waals surface area contributed by atoms with Crippen LogP contribution in [-0.4, -0.2) is 30.6 Å². The molecule has 4 heteroatoms. The molecule has 0 saturated carbocycles. The number of hydrogen-bond acceptors (Lipinski definition) is 4. The molecule has 1 unspecified atom stereocenters. The summed E-state index contributed by atoms with van der Waals surface area (Å²) in [6, 6.07) is 3.67. The number of carbonyl (C=O) groups is 1. The lowest BCUT2D eigenvalue weighted by atomic mass is 10.2. The third-order valence-corrected chi connectivity index (χ3v) is 2.17. The summed E-state index contributed by atoms with van der Waals surface area (Å²) in [7, 11) is 1.39. The van der Waals surface area contributed by atoms with Crippen molar-refractivity contribution in [2.24, 2.45) is 0 Å². The molecule has 1 heterocycles. The molecular formula is C11H16N2O2. The number of carbonyl (C=O) groups excluding carboxylic acids is 1. The first-order valence-electron chi connectivity index (χ1n) is 4.94. The topological polar surface area (TPSA) is 51.2 Å². The highest BCUT2D eigenvalue weighted by Crippen LogP contribution is 1.96. The number of methoxy groups -OCH3 is 1. The summed E-state index contributed by atoms with van der Waals surface area (Å²) >= 11 is 0. The summed E-state index contributed by atoms with van der Waals surface area (Å²) in [4.78, 5) is 15.0. The van der Waals surface area contributed by atoms with Crippen molar-refractivity contribution in [1.82, 2.24) is 10.3 Å². The first-order valence-corrected chi connectivity index (χ1v) is 4.94. The van der Waals surface area contributed by atoms with Gasteiger partial charge in [-0.25, -0.2) is 0 Å². The minimum atomic E-state index is -0.253. The van der Waals surface area contributed by atoms with Gasteiger partial charge in [0, 0.05) is 12.4 Å². The number of nitrogens with one attached hydrogen (secondary N) is 1.